The van der Waals surface area contributed by atoms with Crippen molar-refractivity contribution in [3.05, 3.63) is 46.2 Å². The summed E-state index contributed by atoms with van der Waals surface area (Å²) >= 11 is 0. The maximum Gasteiger partial charge on any atom is 0.339 e. The van der Waals surface area contributed by atoms with E-state index >= 15 is 0 Å². The monoisotopic (exact) mass is 330 g/mol. The fourth-order valence-electron chi connectivity index (χ4n) is 2.67. The molecule has 7 nitrogen and oxygen atoms in total. The Morgan fingerprint density at radius 2 is 2.17 bits per heavy atom. The Morgan fingerprint density at radius 1 is 1.33 bits per heavy atom. The molecule has 1 aromatic heterocycles. The Kier molecular flexibility index (Phi) is 4.90. The third kappa shape index (κ3) is 3.80. The van der Waals surface area contributed by atoms with Gasteiger partial charge in [0.15, 0.2) is 6.61 Å². The van der Waals surface area contributed by atoms with Crippen molar-refractivity contribution in [2.24, 2.45) is 0 Å². The minimum atomic E-state index is -0.704. The van der Waals surface area contributed by atoms with Gasteiger partial charge < -0.3 is 19.8 Å². The van der Waals surface area contributed by atoms with Crippen LogP contribution in [-0.2, 0) is 14.3 Å². The molecule has 7 heteroatoms. The van der Waals surface area contributed by atoms with Crippen LogP contribution < -0.4 is 10.9 Å². The molecule has 24 heavy (non-hydrogen) atoms. The molecule has 1 aromatic carbocycles. The van der Waals surface area contributed by atoms with Crippen LogP contribution in [0.2, 0.25) is 0 Å². The number of rotatable bonds is 5. The van der Waals surface area contributed by atoms with Crippen LogP contribution in [-0.4, -0.2) is 42.7 Å². The second-order valence-corrected chi connectivity index (χ2v) is 5.61. The predicted octanol–water partition coefficient (Wildman–Crippen LogP) is 0.980. The van der Waals surface area contributed by atoms with E-state index in [0.717, 1.165) is 12.8 Å². The highest BCUT2D eigenvalue weighted by Crippen LogP contribution is 2.15. The van der Waals surface area contributed by atoms with Crippen molar-refractivity contribution >= 4 is 22.8 Å². The number of para-hydroxylation sites is 1. The van der Waals surface area contributed by atoms with Gasteiger partial charge in [-0.15, -0.1) is 0 Å². The van der Waals surface area contributed by atoms with Gasteiger partial charge >= 0.3 is 5.97 Å². The topological polar surface area (TPSA) is 97.5 Å². The second kappa shape index (κ2) is 7.27. The zero-order chi connectivity index (χ0) is 16.9. The zero-order valence-corrected chi connectivity index (χ0v) is 13.0. The van der Waals surface area contributed by atoms with Gasteiger partial charge in [0.25, 0.3) is 5.91 Å². The van der Waals surface area contributed by atoms with Gasteiger partial charge in [0.1, 0.15) is 0 Å². The molecule has 2 aromatic rings. The third-order valence-electron chi connectivity index (χ3n) is 3.86. The largest absolute Gasteiger partial charge is 0.452 e. The number of aromatic amines is 1. The average Bonchev–Trinajstić information content (AvgIpc) is 3.10. The fourth-order valence-corrected chi connectivity index (χ4v) is 2.67. The molecule has 1 fully saturated rings. The van der Waals surface area contributed by atoms with E-state index in [1.54, 1.807) is 24.3 Å². The summed E-state index contributed by atoms with van der Waals surface area (Å²) in [5.41, 5.74) is 0.282. The average molecular weight is 330 g/mol. The van der Waals surface area contributed by atoms with E-state index in [9.17, 15) is 14.4 Å². The molecule has 1 aliphatic heterocycles. The van der Waals surface area contributed by atoms with E-state index in [1.165, 1.54) is 6.07 Å². The van der Waals surface area contributed by atoms with Gasteiger partial charge in [0, 0.05) is 30.1 Å². The lowest BCUT2D eigenvalue weighted by atomic mass is 10.1. The number of nitrogens with one attached hydrogen (secondary N) is 2. The molecule has 1 amide bonds. The van der Waals surface area contributed by atoms with Crippen LogP contribution in [0, 0.1) is 0 Å². The molecule has 0 aliphatic carbocycles. The molecule has 0 saturated carbocycles. The Labute approximate surface area is 138 Å². The molecule has 0 radical (unpaired) electrons. The highest BCUT2D eigenvalue weighted by Gasteiger charge is 2.18. The molecule has 126 valence electrons. The first-order valence-corrected chi connectivity index (χ1v) is 7.81. The summed E-state index contributed by atoms with van der Waals surface area (Å²) in [7, 11) is 0. The molecular weight excluding hydrogens is 312 g/mol. The van der Waals surface area contributed by atoms with E-state index in [0.29, 0.717) is 24.1 Å². The lowest BCUT2D eigenvalue weighted by Gasteiger charge is -2.11. The smallest absolute Gasteiger partial charge is 0.339 e. The number of fused-ring (bicyclic) bond motifs is 1. The SMILES string of the molecule is O=C(COC(=O)c1cc(=O)[nH]c2ccccc12)NC[C@@H]1CCCO1. The van der Waals surface area contributed by atoms with Crippen LogP contribution in [0.15, 0.2) is 35.1 Å². The number of carbonyl (C=O) groups is 2. The van der Waals surface area contributed by atoms with Crippen molar-refractivity contribution in [3.8, 4) is 0 Å². The molecule has 0 bridgehead atoms. The Bertz CT molecular complexity index is 808. The van der Waals surface area contributed by atoms with Gasteiger partial charge in [0.2, 0.25) is 5.56 Å². The van der Waals surface area contributed by atoms with Gasteiger partial charge in [-0.05, 0) is 18.9 Å². The van der Waals surface area contributed by atoms with Crippen LogP contribution in [0.1, 0.15) is 23.2 Å². The third-order valence-corrected chi connectivity index (χ3v) is 3.86. The Hall–Kier alpha value is -2.67. The summed E-state index contributed by atoms with van der Waals surface area (Å²) in [4.78, 5) is 38.2. The quantitative estimate of drug-likeness (QED) is 0.797. The number of esters is 1. The lowest BCUT2D eigenvalue weighted by Crippen LogP contribution is -2.34. The summed E-state index contributed by atoms with van der Waals surface area (Å²) in [5, 5.41) is 3.24. The Morgan fingerprint density at radius 3 is 2.96 bits per heavy atom. The number of hydrogen-bond donors (Lipinski definition) is 2. The molecule has 1 saturated heterocycles. The zero-order valence-electron chi connectivity index (χ0n) is 13.0. The first-order chi connectivity index (χ1) is 11.6. The van der Waals surface area contributed by atoms with Gasteiger partial charge in [-0.2, -0.15) is 0 Å². The maximum absolute atomic E-state index is 12.2. The van der Waals surface area contributed by atoms with Crippen LogP contribution >= 0.6 is 0 Å². The summed E-state index contributed by atoms with van der Waals surface area (Å²) < 4.78 is 10.4. The van der Waals surface area contributed by atoms with Crippen LogP contribution in [0.25, 0.3) is 10.9 Å². The summed E-state index contributed by atoms with van der Waals surface area (Å²) in [6.07, 6.45) is 1.94. The predicted molar refractivity (Wildman–Crippen MR) is 86.8 cm³/mol. The second-order valence-electron chi connectivity index (χ2n) is 5.61. The van der Waals surface area contributed by atoms with Crippen molar-refractivity contribution in [1.29, 1.82) is 0 Å². The number of pyridine rings is 1. The van der Waals surface area contributed by atoms with Crippen molar-refractivity contribution in [2.75, 3.05) is 19.8 Å². The minimum absolute atomic E-state index is 0.0290. The molecule has 0 unspecified atom stereocenters. The minimum Gasteiger partial charge on any atom is -0.452 e. The van der Waals surface area contributed by atoms with Gasteiger partial charge in [-0.3, -0.25) is 9.59 Å². The lowest BCUT2D eigenvalue weighted by molar-refractivity contribution is -0.124. The van der Waals surface area contributed by atoms with E-state index in [1.807, 2.05) is 0 Å². The molecular formula is C17H18N2O5. The number of ether oxygens (including phenoxy) is 2. The van der Waals surface area contributed by atoms with Gasteiger partial charge in [0.05, 0.1) is 11.7 Å². The molecule has 0 spiro atoms. The summed E-state index contributed by atoms with van der Waals surface area (Å²) in [6.45, 7) is 0.724. The van der Waals surface area contributed by atoms with Crippen LogP contribution in [0.4, 0.5) is 0 Å². The highest BCUT2D eigenvalue weighted by atomic mass is 16.5. The molecule has 1 aliphatic rings. The number of hydrogen-bond acceptors (Lipinski definition) is 5. The standard InChI is InChI=1S/C17H18N2O5/c20-15-8-13(12-5-1-2-6-14(12)19-15)17(22)24-10-16(21)18-9-11-4-3-7-23-11/h1-2,5-6,8,11H,3-4,7,9-10H2,(H,18,21)(H,19,20)/t11-/m0/s1. The molecule has 2 heterocycles. The van der Waals surface area contributed by atoms with Crippen molar-refractivity contribution in [3.63, 3.8) is 0 Å². The van der Waals surface area contributed by atoms with E-state index in [2.05, 4.69) is 10.3 Å². The highest BCUT2D eigenvalue weighted by molar-refractivity contribution is 6.03. The van der Waals surface area contributed by atoms with E-state index < -0.39 is 24.0 Å². The van der Waals surface area contributed by atoms with Crippen molar-refractivity contribution < 1.29 is 19.1 Å². The number of aromatic nitrogens is 1. The maximum atomic E-state index is 12.2. The van der Waals surface area contributed by atoms with E-state index in [4.69, 9.17) is 9.47 Å². The first kappa shape index (κ1) is 16.2. The fraction of sp³-hybridized carbons (Fsp3) is 0.353. The molecule has 1 atom stereocenters. The van der Waals surface area contributed by atoms with Gasteiger partial charge in [-0.25, -0.2) is 4.79 Å². The van der Waals surface area contributed by atoms with Crippen LogP contribution in [0.5, 0.6) is 0 Å². The normalized spacial score (nSPS) is 16.9. The molecule has 3 rings (SSSR count). The van der Waals surface area contributed by atoms with Gasteiger partial charge in [-0.1, -0.05) is 18.2 Å². The number of amides is 1. The number of H-pyrrole nitrogens is 1. The number of benzene rings is 1. The van der Waals surface area contributed by atoms with E-state index in [-0.39, 0.29) is 11.7 Å². The summed E-state index contributed by atoms with van der Waals surface area (Å²) in [5.74, 6) is -1.10. The Balaban J connectivity index is 1.60. The van der Waals surface area contributed by atoms with Crippen LogP contribution in [0.3, 0.4) is 0 Å². The summed E-state index contributed by atoms with van der Waals surface area (Å²) in [6, 6.07) is 8.09. The molecule has 2 N–H and O–H groups in total. The van der Waals surface area contributed by atoms with Crippen molar-refractivity contribution in [2.45, 2.75) is 18.9 Å². The number of carbonyl (C=O) groups excluding carboxylic acids is 2. The van der Waals surface area contributed by atoms with Crippen molar-refractivity contribution in [1.82, 2.24) is 10.3 Å². The first-order valence-electron chi connectivity index (χ1n) is 7.81.